The highest BCUT2D eigenvalue weighted by Crippen LogP contribution is 2.17. The lowest BCUT2D eigenvalue weighted by Crippen LogP contribution is -2.05. The van der Waals surface area contributed by atoms with Crippen LogP contribution in [0.3, 0.4) is 0 Å². The van der Waals surface area contributed by atoms with Gasteiger partial charge in [-0.2, -0.15) is 4.36 Å². The van der Waals surface area contributed by atoms with Crippen LogP contribution in [0.2, 0.25) is 0 Å². The van der Waals surface area contributed by atoms with E-state index in [0.29, 0.717) is 10.5 Å². The van der Waals surface area contributed by atoms with Gasteiger partial charge in [-0.15, -0.1) is 0 Å². The summed E-state index contributed by atoms with van der Waals surface area (Å²) in [5.74, 6) is 3.10. The van der Waals surface area contributed by atoms with E-state index in [-0.39, 0.29) is 11.1 Å². The zero-order chi connectivity index (χ0) is 21.9. The van der Waals surface area contributed by atoms with Gasteiger partial charge >= 0.3 is 0 Å². The monoisotopic (exact) mass is 424 g/mol. The van der Waals surface area contributed by atoms with Crippen LogP contribution in [0.25, 0.3) is 0 Å². The van der Waals surface area contributed by atoms with E-state index in [4.69, 9.17) is 0 Å². The average molecular weight is 424 g/mol. The van der Waals surface area contributed by atoms with Crippen molar-refractivity contribution in [3.05, 3.63) is 94.3 Å². The van der Waals surface area contributed by atoms with E-state index in [2.05, 4.69) is 21.2 Å². The fraction of sp³-hybridized carbons (Fsp3) is 0.130. The van der Waals surface area contributed by atoms with Gasteiger partial charge in [-0.05, 0) is 55.3 Å². The van der Waals surface area contributed by atoms with Crippen molar-refractivity contribution < 1.29 is 17.8 Å². The number of rotatable bonds is 2. The fourth-order valence-electron chi connectivity index (χ4n) is 2.77. The molecule has 0 saturated heterocycles. The molecular formula is C23H18F2N2O2S. The first-order chi connectivity index (χ1) is 14.1. The predicted octanol–water partition coefficient (Wildman–Crippen LogP) is 4.67. The van der Waals surface area contributed by atoms with E-state index in [0.717, 1.165) is 23.3 Å². The summed E-state index contributed by atoms with van der Waals surface area (Å²) in [4.78, 5) is 17.0. The van der Waals surface area contributed by atoms with Gasteiger partial charge < -0.3 is 0 Å². The second kappa shape index (κ2) is 8.56. The SMILES string of the molecule is Cc1cc(C)cc(S(C)(=O)=NC(=O)c2cncc(C#Cc3ccc(F)cc3F)c2)c1. The Balaban J connectivity index is 1.92. The van der Waals surface area contributed by atoms with Gasteiger partial charge in [0.1, 0.15) is 11.6 Å². The number of aryl methyl sites for hydroxylation is 2. The molecule has 0 N–H and O–H groups in total. The highest BCUT2D eigenvalue weighted by atomic mass is 32.2. The molecule has 7 heteroatoms. The number of carbonyl (C=O) groups is 1. The third-order valence-corrected chi connectivity index (χ3v) is 5.77. The molecule has 4 nitrogen and oxygen atoms in total. The second-order valence-corrected chi connectivity index (χ2v) is 9.12. The summed E-state index contributed by atoms with van der Waals surface area (Å²) in [6.07, 6.45) is 4.11. The van der Waals surface area contributed by atoms with Crippen molar-refractivity contribution in [1.29, 1.82) is 0 Å². The zero-order valence-electron chi connectivity index (χ0n) is 16.6. The number of nitrogens with zero attached hydrogens (tertiary/aromatic N) is 2. The molecule has 0 fully saturated rings. The smallest absolute Gasteiger partial charge is 0.266 e. The average Bonchev–Trinajstić information content (AvgIpc) is 2.66. The minimum Gasteiger partial charge on any atom is -0.266 e. The number of pyridine rings is 1. The Kier molecular flexibility index (Phi) is 6.09. The maximum Gasteiger partial charge on any atom is 0.286 e. The predicted molar refractivity (Wildman–Crippen MR) is 112 cm³/mol. The van der Waals surface area contributed by atoms with Crippen LogP contribution in [0, 0.1) is 37.3 Å². The van der Waals surface area contributed by atoms with Crippen LogP contribution in [0.1, 0.15) is 32.6 Å². The van der Waals surface area contributed by atoms with E-state index in [1.165, 1.54) is 30.8 Å². The first-order valence-electron chi connectivity index (χ1n) is 8.91. The van der Waals surface area contributed by atoms with Crippen LogP contribution in [-0.4, -0.2) is 21.4 Å². The van der Waals surface area contributed by atoms with E-state index in [9.17, 15) is 17.8 Å². The van der Waals surface area contributed by atoms with E-state index >= 15 is 0 Å². The summed E-state index contributed by atoms with van der Waals surface area (Å²) in [6, 6.07) is 9.93. The molecule has 1 amide bonds. The summed E-state index contributed by atoms with van der Waals surface area (Å²) < 4.78 is 43.6. The Morgan fingerprint density at radius 2 is 1.70 bits per heavy atom. The van der Waals surface area contributed by atoms with Gasteiger partial charge in [0.05, 0.1) is 20.9 Å². The molecule has 3 rings (SSSR count). The van der Waals surface area contributed by atoms with Crippen molar-refractivity contribution >= 4 is 15.6 Å². The van der Waals surface area contributed by atoms with Crippen molar-refractivity contribution in [3.63, 3.8) is 0 Å². The molecule has 0 aliphatic heterocycles. The maximum absolute atomic E-state index is 13.7. The third-order valence-electron chi connectivity index (χ3n) is 4.15. The number of hydrogen-bond acceptors (Lipinski definition) is 3. The van der Waals surface area contributed by atoms with E-state index < -0.39 is 27.3 Å². The van der Waals surface area contributed by atoms with Gasteiger partial charge in [-0.25, -0.2) is 13.0 Å². The summed E-state index contributed by atoms with van der Waals surface area (Å²) in [5, 5.41) is 0. The standard InChI is InChI=1S/C23H18F2N2O2S/c1-15-8-16(2)10-21(9-15)30(3,29)27-23(28)19-11-17(13-26-14-19)4-5-18-6-7-20(24)12-22(18)25/h6-14H,1-3H3. The summed E-state index contributed by atoms with van der Waals surface area (Å²) in [7, 11) is -2.95. The largest absolute Gasteiger partial charge is 0.286 e. The van der Waals surface area contributed by atoms with Crippen molar-refractivity contribution in [2.24, 2.45) is 4.36 Å². The molecule has 1 aromatic heterocycles. The Labute approximate surface area is 174 Å². The molecule has 1 unspecified atom stereocenters. The Bertz CT molecular complexity index is 1310. The number of amides is 1. The molecular weight excluding hydrogens is 406 g/mol. The zero-order valence-corrected chi connectivity index (χ0v) is 17.4. The number of benzene rings is 2. The van der Waals surface area contributed by atoms with Crippen molar-refractivity contribution in [1.82, 2.24) is 4.98 Å². The van der Waals surface area contributed by atoms with E-state index in [1.807, 2.05) is 19.9 Å². The number of carbonyl (C=O) groups excluding carboxylic acids is 1. The summed E-state index contributed by atoms with van der Waals surface area (Å²) in [5.41, 5.74) is 2.32. The second-order valence-electron chi connectivity index (χ2n) is 6.86. The highest BCUT2D eigenvalue weighted by Gasteiger charge is 2.13. The lowest BCUT2D eigenvalue weighted by Gasteiger charge is -2.07. The highest BCUT2D eigenvalue weighted by molar-refractivity contribution is 7.93. The minimum atomic E-state index is -2.95. The topological polar surface area (TPSA) is 59.4 Å². The molecule has 0 aliphatic rings. The number of halogens is 2. The summed E-state index contributed by atoms with van der Waals surface area (Å²) >= 11 is 0. The van der Waals surface area contributed by atoms with Gasteiger partial charge in [0.15, 0.2) is 0 Å². The first kappa shape index (κ1) is 21.3. The molecule has 0 radical (unpaired) electrons. The molecule has 152 valence electrons. The lowest BCUT2D eigenvalue weighted by molar-refractivity contribution is 0.100. The van der Waals surface area contributed by atoms with Crippen molar-refractivity contribution in [2.45, 2.75) is 18.7 Å². The van der Waals surface area contributed by atoms with Crippen LogP contribution in [0.5, 0.6) is 0 Å². The minimum absolute atomic E-state index is 0.0178. The fourth-order valence-corrected chi connectivity index (χ4v) is 4.11. The van der Waals surface area contributed by atoms with Gasteiger partial charge in [0.25, 0.3) is 5.91 Å². The lowest BCUT2D eigenvalue weighted by atomic mass is 10.1. The molecule has 3 aromatic rings. The first-order valence-corrected chi connectivity index (χ1v) is 10.8. The molecule has 0 spiro atoms. The van der Waals surface area contributed by atoms with Crippen LogP contribution in [0.4, 0.5) is 8.78 Å². The molecule has 1 atom stereocenters. The molecule has 0 bridgehead atoms. The van der Waals surface area contributed by atoms with Gasteiger partial charge in [0, 0.05) is 35.2 Å². The van der Waals surface area contributed by atoms with E-state index in [1.54, 1.807) is 12.1 Å². The molecule has 2 aromatic carbocycles. The van der Waals surface area contributed by atoms with Gasteiger partial charge in [-0.1, -0.05) is 17.9 Å². The Morgan fingerprint density at radius 1 is 1.00 bits per heavy atom. The molecule has 0 aliphatic carbocycles. The quantitative estimate of drug-likeness (QED) is 0.562. The van der Waals surface area contributed by atoms with Crippen LogP contribution >= 0.6 is 0 Å². The molecule has 30 heavy (non-hydrogen) atoms. The van der Waals surface area contributed by atoms with Crippen LogP contribution in [-0.2, 0) is 9.73 Å². The normalized spacial score (nSPS) is 12.4. The van der Waals surface area contributed by atoms with Crippen molar-refractivity contribution in [3.8, 4) is 11.8 Å². The summed E-state index contributed by atoms with van der Waals surface area (Å²) in [6.45, 7) is 3.76. The van der Waals surface area contributed by atoms with Gasteiger partial charge in [0.2, 0.25) is 0 Å². The Hall–Kier alpha value is -3.37. The van der Waals surface area contributed by atoms with Gasteiger partial charge in [-0.3, -0.25) is 9.78 Å². The molecule has 0 saturated carbocycles. The Morgan fingerprint density at radius 3 is 2.37 bits per heavy atom. The third kappa shape index (κ3) is 5.16. The number of hydrogen-bond donors (Lipinski definition) is 0. The van der Waals surface area contributed by atoms with Crippen LogP contribution in [0.15, 0.2) is 64.1 Å². The maximum atomic E-state index is 13.7. The number of aromatic nitrogens is 1. The molecule has 1 heterocycles. The van der Waals surface area contributed by atoms with Crippen molar-refractivity contribution in [2.75, 3.05) is 6.26 Å². The van der Waals surface area contributed by atoms with Crippen LogP contribution < -0.4 is 0 Å².